The Morgan fingerprint density at radius 3 is 2.78 bits per heavy atom. The average molecular weight is 249 g/mol. The topological polar surface area (TPSA) is 84.3 Å². The molecule has 1 aliphatic carbocycles. The molecule has 0 atom stereocenters. The SMILES string of the molecule is O=C(CCNc1ccccc1[N+](=O)[O-])NC1CC1. The minimum absolute atomic E-state index is 0.0106. The second-order valence-electron chi connectivity index (χ2n) is 4.29. The molecule has 6 heteroatoms. The highest BCUT2D eigenvalue weighted by atomic mass is 16.6. The van der Waals surface area contributed by atoms with E-state index >= 15 is 0 Å². The van der Waals surface area contributed by atoms with Crippen molar-refractivity contribution in [3.05, 3.63) is 34.4 Å². The predicted molar refractivity (Wildman–Crippen MR) is 67.4 cm³/mol. The summed E-state index contributed by atoms with van der Waals surface area (Å²) in [5, 5.41) is 16.5. The van der Waals surface area contributed by atoms with E-state index in [2.05, 4.69) is 10.6 Å². The van der Waals surface area contributed by atoms with Crippen molar-refractivity contribution in [1.29, 1.82) is 0 Å². The van der Waals surface area contributed by atoms with E-state index < -0.39 is 4.92 Å². The molecule has 0 saturated heterocycles. The van der Waals surface area contributed by atoms with Crippen LogP contribution in [0.2, 0.25) is 0 Å². The Bertz CT molecular complexity index is 458. The zero-order valence-corrected chi connectivity index (χ0v) is 9.89. The number of hydrogen-bond acceptors (Lipinski definition) is 4. The van der Waals surface area contributed by atoms with Crippen molar-refractivity contribution in [3.8, 4) is 0 Å². The maximum atomic E-state index is 11.4. The maximum Gasteiger partial charge on any atom is 0.292 e. The first-order valence-corrected chi connectivity index (χ1v) is 5.93. The van der Waals surface area contributed by atoms with Crippen LogP contribution in [0, 0.1) is 10.1 Å². The highest BCUT2D eigenvalue weighted by molar-refractivity contribution is 5.77. The van der Waals surface area contributed by atoms with Crippen LogP contribution in [0.1, 0.15) is 19.3 Å². The van der Waals surface area contributed by atoms with Gasteiger partial charge in [-0.3, -0.25) is 14.9 Å². The van der Waals surface area contributed by atoms with Crippen LogP contribution in [-0.4, -0.2) is 23.4 Å². The van der Waals surface area contributed by atoms with Crippen LogP contribution >= 0.6 is 0 Å². The Morgan fingerprint density at radius 2 is 2.11 bits per heavy atom. The molecule has 0 bridgehead atoms. The molecular formula is C12H15N3O3. The first-order chi connectivity index (χ1) is 8.66. The number of amides is 1. The van der Waals surface area contributed by atoms with Crippen LogP contribution in [0.4, 0.5) is 11.4 Å². The summed E-state index contributed by atoms with van der Waals surface area (Å²) >= 11 is 0. The predicted octanol–water partition coefficient (Wildman–Crippen LogP) is 1.68. The summed E-state index contributed by atoms with van der Waals surface area (Å²) < 4.78 is 0. The normalized spacial score (nSPS) is 14.0. The molecule has 0 radical (unpaired) electrons. The minimum atomic E-state index is -0.438. The van der Waals surface area contributed by atoms with Gasteiger partial charge in [-0.2, -0.15) is 0 Å². The molecule has 6 nitrogen and oxygen atoms in total. The van der Waals surface area contributed by atoms with Gasteiger partial charge >= 0.3 is 0 Å². The standard InChI is InChI=1S/C12H15N3O3/c16-12(14-9-5-6-9)7-8-13-10-3-1-2-4-11(10)15(17)18/h1-4,9,13H,5-8H2,(H,14,16). The molecule has 1 saturated carbocycles. The number of carbonyl (C=O) groups excluding carboxylic acids is 1. The summed E-state index contributed by atoms with van der Waals surface area (Å²) in [4.78, 5) is 21.7. The maximum absolute atomic E-state index is 11.4. The fraction of sp³-hybridized carbons (Fsp3) is 0.417. The number of nitro groups is 1. The van der Waals surface area contributed by atoms with Gasteiger partial charge in [-0.25, -0.2) is 0 Å². The third-order valence-electron chi connectivity index (χ3n) is 2.71. The van der Waals surface area contributed by atoms with Gasteiger partial charge in [0.1, 0.15) is 5.69 Å². The van der Waals surface area contributed by atoms with Gasteiger partial charge in [-0.05, 0) is 18.9 Å². The lowest BCUT2D eigenvalue weighted by Crippen LogP contribution is -2.27. The molecule has 2 rings (SSSR count). The van der Waals surface area contributed by atoms with Crippen LogP contribution in [0.15, 0.2) is 24.3 Å². The zero-order chi connectivity index (χ0) is 13.0. The lowest BCUT2D eigenvalue weighted by atomic mass is 10.2. The zero-order valence-electron chi connectivity index (χ0n) is 9.89. The highest BCUT2D eigenvalue weighted by Crippen LogP contribution is 2.23. The monoisotopic (exact) mass is 249 g/mol. The third-order valence-corrected chi connectivity index (χ3v) is 2.71. The van der Waals surface area contributed by atoms with Gasteiger partial charge < -0.3 is 10.6 Å². The molecule has 0 aliphatic heterocycles. The molecule has 1 aliphatic rings. The highest BCUT2D eigenvalue weighted by Gasteiger charge is 2.22. The molecule has 18 heavy (non-hydrogen) atoms. The smallest absolute Gasteiger partial charge is 0.292 e. The molecule has 0 unspecified atom stereocenters. The number of rotatable bonds is 6. The van der Waals surface area contributed by atoms with Gasteiger partial charge in [-0.15, -0.1) is 0 Å². The first kappa shape index (κ1) is 12.3. The minimum Gasteiger partial charge on any atom is -0.379 e. The summed E-state index contributed by atoms with van der Waals surface area (Å²) in [6, 6.07) is 6.76. The van der Waals surface area contributed by atoms with Crippen molar-refractivity contribution in [2.75, 3.05) is 11.9 Å². The number of hydrogen-bond donors (Lipinski definition) is 2. The Morgan fingerprint density at radius 1 is 1.39 bits per heavy atom. The molecule has 0 spiro atoms. The van der Waals surface area contributed by atoms with Crippen molar-refractivity contribution >= 4 is 17.3 Å². The molecule has 1 aromatic rings. The molecule has 1 aromatic carbocycles. The number of carbonyl (C=O) groups is 1. The van der Waals surface area contributed by atoms with Gasteiger partial charge in [-0.1, -0.05) is 12.1 Å². The third kappa shape index (κ3) is 3.44. The number of anilines is 1. The molecule has 1 fully saturated rings. The summed E-state index contributed by atoms with van der Waals surface area (Å²) in [5.41, 5.74) is 0.474. The summed E-state index contributed by atoms with van der Waals surface area (Å²) in [6.07, 6.45) is 2.44. The second-order valence-corrected chi connectivity index (χ2v) is 4.29. The first-order valence-electron chi connectivity index (χ1n) is 5.93. The van der Waals surface area contributed by atoms with Gasteiger partial charge in [0.15, 0.2) is 0 Å². The van der Waals surface area contributed by atoms with Crippen molar-refractivity contribution in [3.63, 3.8) is 0 Å². The van der Waals surface area contributed by atoms with E-state index in [0.29, 0.717) is 24.7 Å². The Kier molecular flexibility index (Phi) is 3.76. The van der Waals surface area contributed by atoms with E-state index in [1.165, 1.54) is 6.07 Å². The fourth-order valence-electron chi connectivity index (χ4n) is 1.62. The summed E-state index contributed by atoms with van der Waals surface area (Å²) in [6.45, 7) is 0.392. The average Bonchev–Trinajstić information content (AvgIpc) is 3.13. The molecule has 2 N–H and O–H groups in total. The van der Waals surface area contributed by atoms with E-state index in [0.717, 1.165) is 12.8 Å². The lowest BCUT2D eigenvalue weighted by molar-refractivity contribution is -0.384. The van der Waals surface area contributed by atoms with E-state index in [9.17, 15) is 14.9 Å². The van der Waals surface area contributed by atoms with Crippen LogP contribution in [0.5, 0.6) is 0 Å². The van der Waals surface area contributed by atoms with Crippen LogP contribution < -0.4 is 10.6 Å². The van der Waals surface area contributed by atoms with Gasteiger partial charge in [0, 0.05) is 25.1 Å². The van der Waals surface area contributed by atoms with Crippen molar-refractivity contribution in [1.82, 2.24) is 5.32 Å². The number of benzene rings is 1. The fourth-order valence-corrected chi connectivity index (χ4v) is 1.62. The number of para-hydroxylation sites is 2. The van der Waals surface area contributed by atoms with Crippen LogP contribution in [-0.2, 0) is 4.79 Å². The number of nitro benzene ring substituents is 1. The Hall–Kier alpha value is -2.11. The second kappa shape index (κ2) is 5.48. The van der Waals surface area contributed by atoms with Gasteiger partial charge in [0.2, 0.25) is 5.91 Å². The molecule has 1 amide bonds. The molecule has 0 heterocycles. The van der Waals surface area contributed by atoms with Crippen LogP contribution in [0.25, 0.3) is 0 Å². The van der Waals surface area contributed by atoms with E-state index in [-0.39, 0.29) is 11.6 Å². The Balaban J connectivity index is 1.82. The van der Waals surface area contributed by atoms with Crippen LogP contribution in [0.3, 0.4) is 0 Å². The van der Waals surface area contributed by atoms with E-state index in [1.54, 1.807) is 18.2 Å². The van der Waals surface area contributed by atoms with Gasteiger partial charge in [0.05, 0.1) is 4.92 Å². The van der Waals surface area contributed by atoms with E-state index in [4.69, 9.17) is 0 Å². The quantitative estimate of drug-likeness (QED) is 0.593. The Labute approximate surface area is 105 Å². The van der Waals surface area contributed by atoms with Crippen molar-refractivity contribution in [2.24, 2.45) is 0 Å². The molecule has 0 aromatic heterocycles. The summed E-state index contributed by atoms with van der Waals surface area (Å²) in [5.74, 6) is -0.0106. The summed E-state index contributed by atoms with van der Waals surface area (Å²) in [7, 11) is 0. The molecule has 96 valence electrons. The van der Waals surface area contributed by atoms with Crippen molar-refractivity contribution < 1.29 is 9.72 Å². The number of nitrogens with zero attached hydrogens (tertiary/aromatic N) is 1. The van der Waals surface area contributed by atoms with Gasteiger partial charge in [0.25, 0.3) is 5.69 Å². The molecular weight excluding hydrogens is 234 g/mol. The lowest BCUT2D eigenvalue weighted by Gasteiger charge is -2.07. The van der Waals surface area contributed by atoms with Crippen molar-refractivity contribution in [2.45, 2.75) is 25.3 Å². The largest absolute Gasteiger partial charge is 0.379 e. The van der Waals surface area contributed by atoms with E-state index in [1.807, 2.05) is 0 Å². The number of nitrogens with one attached hydrogen (secondary N) is 2.